The number of rotatable bonds is 4. The van der Waals surface area contributed by atoms with Crippen molar-refractivity contribution in [1.29, 1.82) is 0 Å². The van der Waals surface area contributed by atoms with Crippen LogP contribution in [0.5, 0.6) is 0 Å². The van der Waals surface area contributed by atoms with Crippen molar-refractivity contribution in [3.63, 3.8) is 0 Å². The molecular formula is C14H24N4. The number of hydrogen-bond acceptors (Lipinski definition) is 4. The van der Waals surface area contributed by atoms with Crippen LogP contribution in [0.25, 0.3) is 0 Å². The van der Waals surface area contributed by atoms with Gasteiger partial charge in [-0.05, 0) is 25.7 Å². The topological polar surface area (TPSA) is 55.0 Å². The Labute approximate surface area is 110 Å². The lowest BCUT2D eigenvalue weighted by Gasteiger charge is -2.27. The van der Waals surface area contributed by atoms with Gasteiger partial charge < -0.3 is 10.6 Å². The Morgan fingerprint density at radius 3 is 2.67 bits per heavy atom. The van der Waals surface area contributed by atoms with Crippen molar-refractivity contribution in [2.45, 2.75) is 45.6 Å². The highest BCUT2D eigenvalue weighted by atomic mass is 15.2. The van der Waals surface area contributed by atoms with Gasteiger partial charge in [0.25, 0.3) is 0 Å². The number of aromatic nitrogens is 2. The minimum Gasteiger partial charge on any atom is -0.344 e. The second-order valence-corrected chi connectivity index (χ2v) is 5.37. The van der Waals surface area contributed by atoms with Crippen LogP contribution in [0.1, 0.15) is 43.4 Å². The molecule has 2 rings (SSSR count). The zero-order valence-corrected chi connectivity index (χ0v) is 11.5. The second kappa shape index (κ2) is 6.14. The molecule has 0 aliphatic heterocycles. The molecule has 0 radical (unpaired) electrons. The Bertz CT molecular complexity index is 385. The third-order valence-corrected chi connectivity index (χ3v) is 3.89. The highest BCUT2D eigenvalue weighted by molar-refractivity contribution is 5.31. The van der Waals surface area contributed by atoms with Crippen molar-refractivity contribution in [2.75, 3.05) is 18.5 Å². The van der Waals surface area contributed by atoms with Crippen LogP contribution in [-0.4, -0.2) is 23.6 Å². The first-order valence-electron chi connectivity index (χ1n) is 6.94. The van der Waals surface area contributed by atoms with Gasteiger partial charge in [0.1, 0.15) is 0 Å². The molecule has 1 aliphatic rings. The number of aryl methyl sites for hydroxylation is 1. The summed E-state index contributed by atoms with van der Waals surface area (Å²) in [6.07, 6.45) is 8.72. The van der Waals surface area contributed by atoms with Gasteiger partial charge >= 0.3 is 0 Å². The summed E-state index contributed by atoms with van der Waals surface area (Å²) in [6, 6.07) is 0. The zero-order chi connectivity index (χ0) is 13.0. The Kier molecular flexibility index (Phi) is 4.53. The van der Waals surface area contributed by atoms with Crippen molar-refractivity contribution in [3.8, 4) is 0 Å². The van der Waals surface area contributed by atoms with E-state index in [1.807, 2.05) is 13.1 Å². The van der Waals surface area contributed by atoms with Gasteiger partial charge in [0.15, 0.2) is 0 Å². The fourth-order valence-corrected chi connectivity index (χ4v) is 2.70. The summed E-state index contributed by atoms with van der Waals surface area (Å²) in [5.41, 5.74) is 7.66. The number of nitrogens with zero attached hydrogens (tertiary/aromatic N) is 3. The maximum atomic E-state index is 5.63. The maximum absolute atomic E-state index is 5.63. The molecule has 100 valence electrons. The van der Waals surface area contributed by atoms with Gasteiger partial charge in [0.2, 0.25) is 5.95 Å². The molecule has 1 fully saturated rings. The molecule has 2 N–H and O–H groups in total. The average Bonchev–Trinajstić information content (AvgIpc) is 2.39. The molecule has 0 bridgehead atoms. The minimum absolute atomic E-state index is 0.512. The summed E-state index contributed by atoms with van der Waals surface area (Å²) in [6.45, 7) is 3.59. The zero-order valence-electron chi connectivity index (χ0n) is 11.5. The van der Waals surface area contributed by atoms with E-state index in [0.29, 0.717) is 6.54 Å². The molecule has 1 aromatic rings. The van der Waals surface area contributed by atoms with Gasteiger partial charge in [0.05, 0.1) is 0 Å². The summed E-state index contributed by atoms with van der Waals surface area (Å²) in [5, 5.41) is 0. The predicted molar refractivity (Wildman–Crippen MR) is 74.5 cm³/mol. The Morgan fingerprint density at radius 2 is 2.06 bits per heavy atom. The van der Waals surface area contributed by atoms with Crippen LogP contribution in [-0.2, 0) is 6.54 Å². The van der Waals surface area contributed by atoms with Gasteiger partial charge in [0, 0.05) is 37.6 Å². The fraction of sp³-hybridized carbons (Fsp3) is 0.714. The minimum atomic E-state index is 0.512. The molecule has 4 nitrogen and oxygen atoms in total. The van der Waals surface area contributed by atoms with Gasteiger partial charge in [-0.1, -0.05) is 19.3 Å². The summed E-state index contributed by atoms with van der Waals surface area (Å²) in [5.74, 6) is 1.64. The second-order valence-electron chi connectivity index (χ2n) is 5.37. The van der Waals surface area contributed by atoms with Crippen molar-refractivity contribution in [1.82, 2.24) is 9.97 Å². The van der Waals surface area contributed by atoms with E-state index < -0.39 is 0 Å². The highest BCUT2D eigenvalue weighted by Gasteiger charge is 2.17. The van der Waals surface area contributed by atoms with E-state index >= 15 is 0 Å². The van der Waals surface area contributed by atoms with Crippen LogP contribution in [0.15, 0.2) is 6.20 Å². The van der Waals surface area contributed by atoms with Gasteiger partial charge in [-0.3, -0.25) is 0 Å². The number of hydrogen-bond donors (Lipinski definition) is 1. The van der Waals surface area contributed by atoms with E-state index in [1.165, 1.54) is 32.1 Å². The number of nitrogens with two attached hydrogens (primary N) is 1. The largest absolute Gasteiger partial charge is 0.344 e. The first kappa shape index (κ1) is 13.3. The monoisotopic (exact) mass is 248 g/mol. The molecule has 1 heterocycles. The molecule has 0 aromatic carbocycles. The van der Waals surface area contributed by atoms with Gasteiger partial charge in [-0.25, -0.2) is 9.97 Å². The SMILES string of the molecule is Cc1nc(N(C)CC2CCCCC2)ncc1CN. The van der Waals surface area contributed by atoms with Crippen molar-refractivity contribution >= 4 is 5.95 Å². The van der Waals surface area contributed by atoms with Crippen molar-refractivity contribution in [2.24, 2.45) is 11.7 Å². The van der Waals surface area contributed by atoms with Crippen LogP contribution < -0.4 is 10.6 Å². The fourth-order valence-electron chi connectivity index (χ4n) is 2.70. The summed E-state index contributed by atoms with van der Waals surface area (Å²) in [7, 11) is 2.09. The molecule has 0 atom stereocenters. The van der Waals surface area contributed by atoms with Crippen LogP contribution in [0, 0.1) is 12.8 Å². The average molecular weight is 248 g/mol. The summed E-state index contributed by atoms with van der Waals surface area (Å²) < 4.78 is 0. The molecular weight excluding hydrogens is 224 g/mol. The molecule has 1 saturated carbocycles. The first-order chi connectivity index (χ1) is 8.70. The normalized spacial score (nSPS) is 16.8. The maximum Gasteiger partial charge on any atom is 0.225 e. The van der Waals surface area contributed by atoms with Crippen molar-refractivity contribution in [3.05, 3.63) is 17.5 Å². The molecule has 0 spiro atoms. The molecule has 0 unspecified atom stereocenters. The molecule has 1 aromatic heterocycles. The van der Waals surface area contributed by atoms with E-state index in [4.69, 9.17) is 5.73 Å². The summed E-state index contributed by atoms with van der Waals surface area (Å²) >= 11 is 0. The third kappa shape index (κ3) is 3.19. The molecule has 1 aliphatic carbocycles. The van der Waals surface area contributed by atoms with E-state index in [1.54, 1.807) is 0 Å². The van der Waals surface area contributed by atoms with Gasteiger partial charge in [-0.2, -0.15) is 0 Å². The Morgan fingerprint density at radius 1 is 1.33 bits per heavy atom. The molecule has 4 heteroatoms. The molecule has 18 heavy (non-hydrogen) atoms. The van der Waals surface area contributed by atoms with Crippen LogP contribution in [0.2, 0.25) is 0 Å². The first-order valence-corrected chi connectivity index (χ1v) is 6.94. The van der Waals surface area contributed by atoms with E-state index in [-0.39, 0.29) is 0 Å². The lowest BCUT2D eigenvalue weighted by atomic mass is 9.89. The molecule has 0 saturated heterocycles. The van der Waals surface area contributed by atoms with Gasteiger partial charge in [-0.15, -0.1) is 0 Å². The third-order valence-electron chi connectivity index (χ3n) is 3.89. The quantitative estimate of drug-likeness (QED) is 0.888. The molecule has 0 amide bonds. The van der Waals surface area contributed by atoms with E-state index in [9.17, 15) is 0 Å². The number of anilines is 1. The predicted octanol–water partition coefficient (Wildman–Crippen LogP) is 2.26. The Balaban J connectivity index is 1.99. The Hall–Kier alpha value is -1.16. The van der Waals surface area contributed by atoms with Crippen LogP contribution in [0.3, 0.4) is 0 Å². The standard InChI is InChI=1S/C14H24N4/c1-11-13(8-15)9-16-14(17-11)18(2)10-12-6-4-3-5-7-12/h9,12H,3-8,10,15H2,1-2H3. The summed E-state index contributed by atoms with van der Waals surface area (Å²) in [4.78, 5) is 11.1. The lowest BCUT2D eigenvalue weighted by molar-refractivity contribution is 0.361. The highest BCUT2D eigenvalue weighted by Crippen LogP contribution is 2.25. The van der Waals surface area contributed by atoms with Crippen LogP contribution >= 0.6 is 0 Å². The van der Waals surface area contributed by atoms with Crippen LogP contribution in [0.4, 0.5) is 5.95 Å². The van der Waals surface area contributed by atoms with E-state index in [0.717, 1.165) is 29.7 Å². The lowest BCUT2D eigenvalue weighted by Crippen LogP contribution is -2.28. The van der Waals surface area contributed by atoms with Crippen molar-refractivity contribution < 1.29 is 0 Å². The smallest absolute Gasteiger partial charge is 0.225 e. The van der Waals surface area contributed by atoms with E-state index in [2.05, 4.69) is 21.9 Å².